The van der Waals surface area contributed by atoms with Crippen molar-refractivity contribution in [2.75, 3.05) is 18.1 Å². The molecule has 0 bridgehead atoms. The molecule has 1 aliphatic rings. The summed E-state index contributed by atoms with van der Waals surface area (Å²) in [5.74, 6) is -1.49. The molecule has 7 nitrogen and oxygen atoms in total. The van der Waals surface area contributed by atoms with E-state index in [1.54, 1.807) is 11.8 Å². The average molecular weight is 296 g/mol. The van der Waals surface area contributed by atoms with Crippen molar-refractivity contribution >= 4 is 18.0 Å². The third-order valence-corrected chi connectivity index (χ3v) is 3.73. The van der Waals surface area contributed by atoms with E-state index in [9.17, 15) is 14.7 Å². The van der Waals surface area contributed by atoms with Gasteiger partial charge < -0.3 is 19.2 Å². The zero-order chi connectivity index (χ0) is 15.6. The van der Waals surface area contributed by atoms with Gasteiger partial charge in [0.25, 0.3) is 6.01 Å². The standard InChI is InChI=1S/C14H20N2O5/c1-4-20-12(19)9-8-21-13(15-9)16-7-5-6-14(2,3)10(16)11(17)18/h8,10H,4-7H2,1-3H3,(H,17,18). The molecule has 0 saturated carbocycles. The second-order valence-corrected chi connectivity index (χ2v) is 5.76. The summed E-state index contributed by atoms with van der Waals surface area (Å²) in [5, 5.41) is 9.50. The largest absolute Gasteiger partial charge is 0.480 e. The highest BCUT2D eigenvalue weighted by Crippen LogP contribution is 2.37. The molecule has 1 aliphatic heterocycles. The minimum absolute atomic E-state index is 0.0550. The maximum Gasteiger partial charge on any atom is 0.360 e. The number of anilines is 1. The lowest BCUT2D eigenvalue weighted by Gasteiger charge is -2.43. The van der Waals surface area contributed by atoms with Gasteiger partial charge in [0.1, 0.15) is 12.3 Å². The van der Waals surface area contributed by atoms with E-state index in [0.29, 0.717) is 6.54 Å². The Kier molecular flexibility index (Phi) is 4.20. The normalized spacial score (nSPS) is 21.1. The van der Waals surface area contributed by atoms with Crippen molar-refractivity contribution in [1.82, 2.24) is 4.98 Å². The van der Waals surface area contributed by atoms with Gasteiger partial charge in [0.05, 0.1) is 6.61 Å². The number of carboxylic acids is 1. The van der Waals surface area contributed by atoms with Crippen molar-refractivity contribution in [3.05, 3.63) is 12.0 Å². The molecule has 0 radical (unpaired) electrons. The molecule has 7 heteroatoms. The topological polar surface area (TPSA) is 92.9 Å². The van der Waals surface area contributed by atoms with Crippen LogP contribution in [0.1, 0.15) is 44.1 Å². The van der Waals surface area contributed by atoms with E-state index < -0.39 is 23.4 Å². The molecule has 1 saturated heterocycles. The van der Waals surface area contributed by atoms with Crippen LogP contribution in [0.25, 0.3) is 0 Å². The van der Waals surface area contributed by atoms with Gasteiger partial charge in [-0.3, -0.25) is 0 Å². The second kappa shape index (κ2) is 5.75. The molecular formula is C14H20N2O5. The van der Waals surface area contributed by atoms with E-state index in [4.69, 9.17) is 9.15 Å². The van der Waals surface area contributed by atoms with E-state index in [-0.39, 0.29) is 18.3 Å². The van der Waals surface area contributed by atoms with Gasteiger partial charge in [0, 0.05) is 6.54 Å². The summed E-state index contributed by atoms with van der Waals surface area (Å²) in [5.41, 5.74) is -0.345. The first-order valence-corrected chi connectivity index (χ1v) is 6.99. The van der Waals surface area contributed by atoms with Gasteiger partial charge >= 0.3 is 11.9 Å². The van der Waals surface area contributed by atoms with E-state index in [2.05, 4.69) is 4.98 Å². The molecule has 0 amide bonds. The van der Waals surface area contributed by atoms with Crippen LogP contribution < -0.4 is 4.90 Å². The summed E-state index contributed by atoms with van der Waals surface area (Å²) < 4.78 is 10.1. The van der Waals surface area contributed by atoms with Crippen LogP contribution in [-0.4, -0.2) is 41.2 Å². The number of oxazole rings is 1. The summed E-state index contributed by atoms with van der Waals surface area (Å²) in [4.78, 5) is 28.9. The number of esters is 1. The summed E-state index contributed by atoms with van der Waals surface area (Å²) in [6, 6.07) is -0.585. The maximum atomic E-state index is 11.6. The van der Waals surface area contributed by atoms with Gasteiger partial charge in [-0.2, -0.15) is 4.98 Å². The number of rotatable bonds is 4. The summed E-state index contributed by atoms with van der Waals surface area (Å²) in [7, 11) is 0. The molecule has 0 aromatic carbocycles. The Labute approximate surface area is 122 Å². The fourth-order valence-electron chi connectivity index (χ4n) is 2.76. The number of hydrogen-bond donors (Lipinski definition) is 1. The van der Waals surface area contributed by atoms with Gasteiger partial charge in [-0.25, -0.2) is 9.59 Å². The molecule has 0 spiro atoms. The Morgan fingerprint density at radius 3 is 2.90 bits per heavy atom. The van der Waals surface area contributed by atoms with Crippen molar-refractivity contribution < 1.29 is 23.8 Å². The average Bonchev–Trinajstić information content (AvgIpc) is 2.86. The predicted molar refractivity (Wildman–Crippen MR) is 74.2 cm³/mol. The first-order valence-electron chi connectivity index (χ1n) is 6.99. The monoisotopic (exact) mass is 296 g/mol. The van der Waals surface area contributed by atoms with Crippen molar-refractivity contribution in [3.8, 4) is 0 Å². The first kappa shape index (κ1) is 15.3. The van der Waals surface area contributed by atoms with Crippen LogP contribution in [0.15, 0.2) is 10.7 Å². The number of aliphatic carboxylic acids is 1. The van der Waals surface area contributed by atoms with Crippen molar-refractivity contribution in [2.45, 2.75) is 39.7 Å². The Bertz CT molecular complexity index is 537. The SMILES string of the molecule is CCOC(=O)c1coc(N2CCCC(C)(C)C2C(=O)O)n1. The number of aromatic nitrogens is 1. The number of carboxylic acid groups (broad SMARTS) is 1. The molecule has 0 aliphatic carbocycles. The minimum Gasteiger partial charge on any atom is -0.480 e. The molecule has 1 unspecified atom stereocenters. The molecule has 1 aromatic heterocycles. The first-order chi connectivity index (χ1) is 9.86. The minimum atomic E-state index is -0.921. The Balaban J connectivity index is 2.27. The fourth-order valence-corrected chi connectivity index (χ4v) is 2.76. The van der Waals surface area contributed by atoms with Crippen LogP contribution in [-0.2, 0) is 9.53 Å². The summed E-state index contributed by atoms with van der Waals surface area (Å²) in [6.45, 7) is 6.30. The second-order valence-electron chi connectivity index (χ2n) is 5.76. The van der Waals surface area contributed by atoms with E-state index >= 15 is 0 Å². The van der Waals surface area contributed by atoms with Crippen LogP contribution in [0.5, 0.6) is 0 Å². The van der Waals surface area contributed by atoms with E-state index in [1.807, 2.05) is 13.8 Å². The van der Waals surface area contributed by atoms with Gasteiger partial charge in [-0.1, -0.05) is 13.8 Å². The van der Waals surface area contributed by atoms with Gasteiger partial charge in [0.15, 0.2) is 5.69 Å². The third-order valence-electron chi connectivity index (χ3n) is 3.73. The zero-order valence-corrected chi connectivity index (χ0v) is 12.5. The fraction of sp³-hybridized carbons (Fsp3) is 0.643. The summed E-state index contributed by atoms with van der Waals surface area (Å²) >= 11 is 0. The van der Waals surface area contributed by atoms with Gasteiger partial charge in [-0.05, 0) is 25.2 Å². The predicted octanol–water partition coefficient (Wildman–Crippen LogP) is 1.93. The maximum absolute atomic E-state index is 11.6. The quantitative estimate of drug-likeness (QED) is 0.848. The van der Waals surface area contributed by atoms with Crippen molar-refractivity contribution in [3.63, 3.8) is 0 Å². The molecule has 21 heavy (non-hydrogen) atoms. The Hall–Kier alpha value is -2.05. The number of carbonyl (C=O) groups excluding carboxylic acids is 1. The molecule has 116 valence electrons. The Morgan fingerprint density at radius 2 is 2.29 bits per heavy atom. The van der Waals surface area contributed by atoms with Gasteiger partial charge in [-0.15, -0.1) is 0 Å². The number of nitrogens with zero attached hydrogens (tertiary/aromatic N) is 2. The van der Waals surface area contributed by atoms with Crippen LogP contribution in [0.2, 0.25) is 0 Å². The highest BCUT2D eigenvalue weighted by Gasteiger charge is 2.44. The smallest absolute Gasteiger partial charge is 0.360 e. The number of carbonyl (C=O) groups is 2. The molecule has 1 fully saturated rings. The van der Waals surface area contributed by atoms with Crippen molar-refractivity contribution in [2.24, 2.45) is 5.41 Å². The molecule has 2 rings (SSSR count). The Morgan fingerprint density at radius 1 is 1.57 bits per heavy atom. The number of piperidine rings is 1. The van der Waals surface area contributed by atoms with Gasteiger partial charge in [0.2, 0.25) is 0 Å². The zero-order valence-electron chi connectivity index (χ0n) is 12.5. The highest BCUT2D eigenvalue weighted by molar-refractivity contribution is 5.87. The molecule has 1 N–H and O–H groups in total. The van der Waals surface area contributed by atoms with E-state index in [1.165, 1.54) is 6.26 Å². The van der Waals surface area contributed by atoms with Crippen LogP contribution in [0, 0.1) is 5.41 Å². The molecular weight excluding hydrogens is 276 g/mol. The summed E-state index contributed by atoms with van der Waals surface area (Å²) in [6.07, 6.45) is 2.85. The van der Waals surface area contributed by atoms with Crippen LogP contribution in [0.4, 0.5) is 6.01 Å². The van der Waals surface area contributed by atoms with Crippen LogP contribution >= 0.6 is 0 Å². The number of hydrogen-bond acceptors (Lipinski definition) is 6. The highest BCUT2D eigenvalue weighted by atomic mass is 16.5. The molecule has 1 atom stereocenters. The molecule has 2 heterocycles. The lowest BCUT2D eigenvalue weighted by Crippen LogP contribution is -2.54. The number of ether oxygens (including phenoxy) is 1. The molecule has 1 aromatic rings. The third kappa shape index (κ3) is 3.01. The van der Waals surface area contributed by atoms with Crippen molar-refractivity contribution in [1.29, 1.82) is 0 Å². The van der Waals surface area contributed by atoms with Crippen LogP contribution in [0.3, 0.4) is 0 Å². The van der Waals surface area contributed by atoms with E-state index in [0.717, 1.165) is 12.8 Å². The lowest BCUT2D eigenvalue weighted by molar-refractivity contribution is -0.142. The lowest BCUT2D eigenvalue weighted by atomic mass is 9.76.